The highest BCUT2D eigenvalue weighted by atomic mass is 16.6. The molecule has 0 saturated heterocycles. The van der Waals surface area contributed by atoms with Crippen LogP contribution in [0.1, 0.15) is 25.1 Å². The van der Waals surface area contributed by atoms with Crippen molar-refractivity contribution in [3.05, 3.63) is 47.9 Å². The van der Waals surface area contributed by atoms with Crippen molar-refractivity contribution in [2.45, 2.75) is 27.0 Å². The molecule has 0 unspecified atom stereocenters. The minimum absolute atomic E-state index is 0.324. The van der Waals surface area contributed by atoms with Gasteiger partial charge in [0.15, 0.2) is 0 Å². The molecule has 4 nitrogen and oxygen atoms in total. The Morgan fingerprint density at radius 2 is 2.05 bits per heavy atom. The van der Waals surface area contributed by atoms with Crippen molar-refractivity contribution in [3.63, 3.8) is 0 Å². The van der Waals surface area contributed by atoms with Gasteiger partial charge in [-0.3, -0.25) is 0 Å². The van der Waals surface area contributed by atoms with Crippen LogP contribution in [0.3, 0.4) is 0 Å². The summed E-state index contributed by atoms with van der Waals surface area (Å²) >= 11 is 0. The molecule has 1 aromatic heterocycles. The van der Waals surface area contributed by atoms with Crippen molar-refractivity contribution >= 4 is 0 Å². The summed E-state index contributed by atoms with van der Waals surface area (Å²) in [5.41, 5.74) is 1.96. The summed E-state index contributed by atoms with van der Waals surface area (Å²) in [4.78, 5) is 4.27. The van der Waals surface area contributed by atoms with E-state index in [1.54, 1.807) is 6.26 Å². The van der Waals surface area contributed by atoms with Crippen LogP contribution >= 0.6 is 0 Å². The highest BCUT2D eigenvalue weighted by Crippen LogP contribution is 2.12. The average Bonchev–Trinajstić information content (AvgIpc) is 2.85. The highest BCUT2D eigenvalue weighted by Gasteiger charge is 2.05. The summed E-state index contributed by atoms with van der Waals surface area (Å²) in [6, 6.07) is 9.96. The Bertz CT molecular complexity index is 480. The molecule has 0 aliphatic rings. The molecule has 2 aromatic rings. The summed E-state index contributed by atoms with van der Waals surface area (Å²) < 4.78 is 10.8. The van der Waals surface area contributed by atoms with Gasteiger partial charge in [0.1, 0.15) is 12.9 Å². The van der Waals surface area contributed by atoms with Crippen LogP contribution in [0.2, 0.25) is 0 Å². The Labute approximate surface area is 113 Å². The number of benzene rings is 1. The molecule has 4 heteroatoms. The lowest BCUT2D eigenvalue weighted by Gasteiger charge is -2.04. The largest absolute Gasteiger partial charge is 0.445 e. The van der Waals surface area contributed by atoms with Crippen LogP contribution in [0.5, 0.6) is 6.08 Å². The van der Waals surface area contributed by atoms with Crippen LogP contribution in [0.4, 0.5) is 0 Å². The predicted molar refractivity (Wildman–Crippen MR) is 73.8 cm³/mol. The van der Waals surface area contributed by atoms with Gasteiger partial charge in [-0.2, -0.15) is 4.98 Å². The van der Waals surface area contributed by atoms with Gasteiger partial charge in [-0.1, -0.05) is 44.2 Å². The number of rotatable bonds is 7. The van der Waals surface area contributed by atoms with Gasteiger partial charge < -0.3 is 14.5 Å². The number of nitrogens with zero attached hydrogens (tertiary/aromatic N) is 1. The summed E-state index contributed by atoms with van der Waals surface area (Å²) in [5, 5.41) is 3.31. The SMILES string of the molecule is CC(C)CNCc1coc(OCc2ccccc2)n1. The molecular weight excluding hydrogens is 240 g/mol. The third kappa shape index (κ3) is 4.75. The van der Waals surface area contributed by atoms with Gasteiger partial charge in [-0.05, 0) is 18.0 Å². The Hall–Kier alpha value is -1.81. The maximum Gasteiger partial charge on any atom is 0.394 e. The number of oxazole rings is 1. The minimum Gasteiger partial charge on any atom is -0.445 e. The first-order valence-corrected chi connectivity index (χ1v) is 6.56. The van der Waals surface area contributed by atoms with Crippen LogP contribution in [-0.2, 0) is 13.2 Å². The molecule has 102 valence electrons. The van der Waals surface area contributed by atoms with E-state index in [0.717, 1.165) is 17.8 Å². The first-order chi connectivity index (χ1) is 9.24. The van der Waals surface area contributed by atoms with Crippen molar-refractivity contribution in [1.29, 1.82) is 0 Å². The minimum atomic E-state index is 0.324. The van der Waals surface area contributed by atoms with Crippen molar-refractivity contribution in [2.24, 2.45) is 5.92 Å². The highest BCUT2D eigenvalue weighted by molar-refractivity contribution is 5.14. The monoisotopic (exact) mass is 260 g/mol. The summed E-state index contributed by atoms with van der Waals surface area (Å²) in [7, 11) is 0. The van der Waals surface area contributed by atoms with E-state index in [-0.39, 0.29) is 0 Å². The summed E-state index contributed by atoms with van der Waals surface area (Å²) in [5.74, 6) is 0.626. The molecule has 1 heterocycles. The molecule has 19 heavy (non-hydrogen) atoms. The van der Waals surface area contributed by atoms with Crippen molar-refractivity contribution in [2.75, 3.05) is 6.54 Å². The first-order valence-electron chi connectivity index (χ1n) is 6.56. The Balaban J connectivity index is 1.77. The topological polar surface area (TPSA) is 47.3 Å². The number of hydrogen-bond donors (Lipinski definition) is 1. The zero-order valence-corrected chi connectivity index (χ0v) is 11.4. The smallest absolute Gasteiger partial charge is 0.394 e. The molecule has 1 N–H and O–H groups in total. The number of nitrogens with one attached hydrogen (secondary N) is 1. The van der Waals surface area contributed by atoms with E-state index < -0.39 is 0 Å². The molecule has 0 spiro atoms. The van der Waals surface area contributed by atoms with E-state index >= 15 is 0 Å². The van der Waals surface area contributed by atoms with Gasteiger partial charge in [0.2, 0.25) is 0 Å². The number of aromatic nitrogens is 1. The quantitative estimate of drug-likeness (QED) is 0.831. The molecule has 0 bridgehead atoms. The zero-order chi connectivity index (χ0) is 13.5. The van der Waals surface area contributed by atoms with Crippen molar-refractivity contribution in [3.8, 4) is 6.08 Å². The third-order valence-electron chi connectivity index (χ3n) is 2.59. The van der Waals surface area contributed by atoms with Gasteiger partial charge in [0.25, 0.3) is 0 Å². The lowest BCUT2D eigenvalue weighted by molar-refractivity contribution is 0.220. The molecule has 0 amide bonds. The molecule has 2 rings (SSSR count). The van der Waals surface area contributed by atoms with Crippen molar-refractivity contribution in [1.82, 2.24) is 10.3 Å². The standard InChI is InChI=1S/C15H20N2O2/c1-12(2)8-16-9-14-11-19-15(17-14)18-10-13-6-4-3-5-7-13/h3-7,11-12,16H,8-10H2,1-2H3. The van der Waals surface area contributed by atoms with E-state index in [9.17, 15) is 0 Å². The normalized spacial score (nSPS) is 10.9. The lowest BCUT2D eigenvalue weighted by atomic mass is 10.2. The van der Waals surface area contributed by atoms with Crippen LogP contribution < -0.4 is 10.1 Å². The fraction of sp³-hybridized carbons (Fsp3) is 0.400. The average molecular weight is 260 g/mol. The maximum absolute atomic E-state index is 5.49. The molecule has 0 fully saturated rings. The molecule has 0 aliphatic heterocycles. The second-order valence-electron chi connectivity index (χ2n) is 4.90. The number of hydrogen-bond acceptors (Lipinski definition) is 4. The fourth-order valence-corrected chi connectivity index (χ4v) is 1.64. The van der Waals surface area contributed by atoms with Gasteiger partial charge in [0, 0.05) is 6.54 Å². The van der Waals surface area contributed by atoms with Crippen LogP contribution in [0, 0.1) is 5.92 Å². The van der Waals surface area contributed by atoms with Gasteiger partial charge >= 0.3 is 6.08 Å². The Kier molecular flexibility index (Phi) is 4.98. The second kappa shape index (κ2) is 6.95. The molecular formula is C15H20N2O2. The van der Waals surface area contributed by atoms with E-state index in [4.69, 9.17) is 9.15 Å². The van der Waals surface area contributed by atoms with E-state index in [1.165, 1.54) is 0 Å². The summed E-state index contributed by atoms with van der Waals surface area (Å²) in [6.07, 6.45) is 1.96. The zero-order valence-electron chi connectivity index (χ0n) is 11.4. The summed E-state index contributed by atoms with van der Waals surface area (Å²) in [6.45, 7) is 6.48. The maximum atomic E-state index is 5.49. The molecule has 1 aromatic carbocycles. The molecule has 0 saturated carbocycles. The molecule has 0 atom stereocenters. The Morgan fingerprint density at radius 1 is 1.26 bits per heavy atom. The second-order valence-corrected chi connectivity index (χ2v) is 4.90. The Morgan fingerprint density at radius 3 is 2.79 bits per heavy atom. The van der Waals surface area contributed by atoms with E-state index in [0.29, 0.717) is 25.1 Å². The lowest BCUT2D eigenvalue weighted by Crippen LogP contribution is -2.19. The molecule has 0 radical (unpaired) electrons. The number of ether oxygens (including phenoxy) is 1. The van der Waals surface area contributed by atoms with Gasteiger partial charge in [0.05, 0.1) is 5.69 Å². The van der Waals surface area contributed by atoms with Gasteiger partial charge in [-0.15, -0.1) is 0 Å². The van der Waals surface area contributed by atoms with E-state index in [1.807, 2.05) is 30.3 Å². The predicted octanol–water partition coefficient (Wildman–Crippen LogP) is 3.00. The molecule has 0 aliphatic carbocycles. The third-order valence-corrected chi connectivity index (χ3v) is 2.59. The van der Waals surface area contributed by atoms with Gasteiger partial charge in [-0.25, -0.2) is 0 Å². The van der Waals surface area contributed by atoms with Crippen LogP contribution in [0.15, 0.2) is 41.0 Å². The van der Waals surface area contributed by atoms with Crippen molar-refractivity contribution < 1.29 is 9.15 Å². The van der Waals surface area contributed by atoms with Crippen LogP contribution in [-0.4, -0.2) is 11.5 Å². The van der Waals surface area contributed by atoms with E-state index in [2.05, 4.69) is 24.1 Å². The van der Waals surface area contributed by atoms with Crippen LogP contribution in [0.25, 0.3) is 0 Å². The fourth-order valence-electron chi connectivity index (χ4n) is 1.64. The first kappa shape index (κ1) is 13.6.